The molecule has 8 nitrogen and oxygen atoms in total. The molecular formula is C22H26N4O4S. The van der Waals surface area contributed by atoms with E-state index in [1.807, 2.05) is 6.92 Å². The Balaban J connectivity index is 1.59. The van der Waals surface area contributed by atoms with Gasteiger partial charge in [-0.25, -0.2) is 4.98 Å². The molecule has 0 bridgehead atoms. The summed E-state index contributed by atoms with van der Waals surface area (Å²) in [5, 5.41) is 0.764. The monoisotopic (exact) mass is 442 g/mol. The lowest BCUT2D eigenvalue weighted by molar-refractivity contribution is -0.140. The standard InChI is InChI=1S/C22H26N4O4S/c1-14-21(31-15(2)24-14)19(27)17-18(16-4-6-23-7-5-16)26(22(29)20(17)28)9-3-8-25-10-12-30-13-11-25/h4-7,17-18H,3,8-13H2,1-2H3. The molecule has 4 heterocycles. The normalized spacial score (nSPS) is 22.3. The second-order valence-corrected chi connectivity index (χ2v) is 9.09. The molecule has 164 valence electrons. The number of Topliss-reactive ketones (excluding diaryl/α,β-unsaturated/α-hetero) is 2. The fourth-order valence-corrected chi connectivity index (χ4v) is 5.25. The summed E-state index contributed by atoms with van der Waals surface area (Å²) >= 11 is 1.27. The molecular weight excluding hydrogens is 416 g/mol. The first-order valence-corrected chi connectivity index (χ1v) is 11.3. The number of hydrogen-bond acceptors (Lipinski definition) is 8. The first kappa shape index (κ1) is 21.7. The first-order chi connectivity index (χ1) is 15.0. The van der Waals surface area contributed by atoms with Gasteiger partial charge in [-0.15, -0.1) is 11.3 Å². The summed E-state index contributed by atoms with van der Waals surface area (Å²) < 4.78 is 5.38. The number of amides is 1. The Morgan fingerprint density at radius 3 is 2.52 bits per heavy atom. The summed E-state index contributed by atoms with van der Waals surface area (Å²) in [7, 11) is 0. The van der Waals surface area contributed by atoms with Gasteiger partial charge in [-0.3, -0.25) is 24.3 Å². The fraction of sp³-hybridized carbons (Fsp3) is 0.500. The van der Waals surface area contributed by atoms with E-state index in [9.17, 15) is 14.4 Å². The van der Waals surface area contributed by atoms with Gasteiger partial charge in [-0.1, -0.05) is 0 Å². The molecule has 1 amide bonds. The molecule has 31 heavy (non-hydrogen) atoms. The van der Waals surface area contributed by atoms with Crippen LogP contribution in [0.5, 0.6) is 0 Å². The van der Waals surface area contributed by atoms with E-state index in [0.717, 1.165) is 36.6 Å². The molecule has 2 aliphatic heterocycles. The predicted molar refractivity (Wildman–Crippen MR) is 115 cm³/mol. The maximum Gasteiger partial charge on any atom is 0.291 e. The van der Waals surface area contributed by atoms with Crippen molar-refractivity contribution in [1.29, 1.82) is 0 Å². The third-order valence-electron chi connectivity index (χ3n) is 5.84. The number of ketones is 2. The van der Waals surface area contributed by atoms with Gasteiger partial charge in [0.1, 0.15) is 5.92 Å². The molecule has 0 aliphatic carbocycles. The number of hydrogen-bond donors (Lipinski definition) is 0. The molecule has 2 aromatic rings. The molecule has 0 saturated carbocycles. The van der Waals surface area contributed by atoms with Gasteiger partial charge < -0.3 is 9.64 Å². The van der Waals surface area contributed by atoms with E-state index in [4.69, 9.17) is 4.74 Å². The van der Waals surface area contributed by atoms with Crippen molar-refractivity contribution in [2.75, 3.05) is 39.4 Å². The summed E-state index contributed by atoms with van der Waals surface area (Å²) in [6, 6.07) is 2.93. The predicted octanol–water partition coefficient (Wildman–Crippen LogP) is 1.83. The Kier molecular flexibility index (Phi) is 6.54. The van der Waals surface area contributed by atoms with Crippen molar-refractivity contribution < 1.29 is 19.1 Å². The molecule has 2 aliphatic rings. The van der Waals surface area contributed by atoms with E-state index in [1.54, 1.807) is 36.4 Å². The number of ether oxygens (including phenoxy) is 1. The van der Waals surface area contributed by atoms with Crippen LogP contribution in [0.25, 0.3) is 0 Å². The molecule has 4 rings (SSSR count). The lowest BCUT2D eigenvalue weighted by atomic mass is 9.88. The van der Waals surface area contributed by atoms with Gasteiger partial charge >= 0.3 is 0 Å². The largest absolute Gasteiger partial charge is 0.379 e. The third kappa shape index (κ3) is 4.44. The van der Waals surface area contributed by atoms with Crippen LogP contribution in [0.4, 0.5) is 0 Å². The zero-order chi connectivity index (χ0) is 22.0. The third-order valence-corrected chi connectivity index (χ3v) is 6.93. The number of aryl methyl sites for hydroxylation is 2. The van der Waals surface area contributed by atoms with Crippen LogP contribution in [0.2, 0.25) is 0 Å². The van der Waals surface area contributed by atoms with Crippen LogP contribution in [0.1, 0.15) is 38.4 Å². The average molecular weight is 443 g/mol. The van der Waals surface area contributed by atoms with E-state index in [1.165, 1.54) is 11.3 Å². The highest BCUT2D eigenvalue weighted by atomic mass is 32.1. The van der Waals surface area contributed by atoms with E-state index in [-0.39, 0.29) is 5.78 Å². The number of likely N-dealkylation sites (tertiary alicyclic amines) is 1. The molecule has 0 aromatic carbocycles. The van der Waals surface area contributed by atoms with Crippen molar-refractivity contribution in [3.05, 3.63) is 45.7 Å². The van der Waals surface area contributed by atoms with Crippen LogP contribution in [0.3, 0.4) is 0 Å². The van der Waals surface area contributed by atoms with Gasteiger partial charge in [0.25, 0.3) is 5.91 Å². The maximum atomic E-state index is 13.4. The number of rotatable bonds is 7. The highest BCUT2D eigenvalue weighted by Gasteiger charge is 2.52. The number of carbonyl (C=O) groups is 3. The smallest absolute Gasteiger partial charge is 0.291 e. The van der Waals surface area contributed by atoms with Crippen LogP contribution >= 0.6 is 11.3 Å². The highest BCUT2D eigenvalue weighted by molar-refractivity contribution is 7.13. The van der Waals surface area contributed by atoms with Crippen LogP contribution in [-0.2, 0) is 14.3 Å². The summed E-state index contributed by atoms with van der Waals surface area (Å²) in [6.07, 6.45) is 3.97. The topological polar surface area (TPSA) is 92.7 Å². The van der Waals surface area contributed by atoms with Crippen molar-refractivity contribution in [3.8, 4) is 0 Å². The van der Waals surface area contributed by atoms with Crippen molar-refractivity contribution in [2.45, 2.75) is 26.3 Å². The maximum absolute atomic E-state index is 13.4. The molecule has 0 N–H and O–H groups in total. The summed E-state index contributed by atoms with van der Waals surface area (Å²) in [5.41, 5.74) is 1.35. The molecule has 9 heteroatoms. The summed E-state index contributed by atoms with van der Waals surface area (Å²) in [4.78, 5) is 52.1. The van der Waals surface area contributed by atoms with Crippen molar-refractivity contribution in [2.24, 2.45) is 5.92 Å². The van der Waals surface area contributed by atoms with Gasteiger partial charge in [0.05, 0.1) is 34.8 Å². The number of carbonyl (C=O) groups excluding carboxylic acids is 3. The minimum absolute atomic E-state index is 0.320. The zero-order valence-electron chi connectivity index (χ0n) is 17.7. The number of aromatic nitrogens is 2. The number of thiazole rings is 1. The number of morpholine rings is 1. The second-order valence-electron chi connectivity index (χ2n) is 7.89. The second kappa shape index (κ2) is 9.33. The van der Waals surface area contributed by atoms with Crippen LogP contribution in [-0.4, -0.2) is 76.6 Å². The van der Waals surface area contributed by atoms with E-state index < -0.39 is 23.7 Å². The summed E-state index contributed by atoms with van der Waals surface area (Å²) in [5.74, 6) is -2.60. The molecule has 2 aromatic heterocycles. The van der Waals surface area contributed by atoms with Gasteiger partial charge in [0.15, 0.2) is 5.78 Å². The molecule has 2 saturated heterocycles. The van der Waals surface area contributed by atoms with Crippen molar-refractivity contribution >= 4 is 28.8 Å². The molecule has 0 spiro atoms. The van der Waals surface area contributed by atoms with Crippen LogP contribution in [0, 0.1) is 19.8 Å². The number of pyridine rings is 1. The minimum Gasteiger partial charge on any atom is -0.379 e. The Morgan fingerprint density at radius 1 is 1.16 bits per heavy atom. The van der Waals surface area contributed by atoms with Crippen LogP contribution < -0.4 is 0 Å². The quantitative estimate of drug-likeness (QED) is 0.367. The fourth-order valence-electron chi connectivity index (χ4n) is 4.35. The van der Waals surface area contributed by atoms with Crippen LogP contribution in [0.15, 0.2) is 24.5 Å². The minimum atomic E-state index is -1.06. The van der Waals surface area contributed by atoms with E-state index >= 15 is 0 Å². The number of nitrogens with zero attached hydrogens (tertiary/aromatic N) is 4. The molecule has 0 radical (unpaired) electrons. The van der Waals surface area contributed by atoms with E-state index in [2.05, 4.69) is 14.9 Å². The SMILES string of the molecule is Cc1nc(C)c(C(=O)C2C(=O)C(=O)N(CCCN3CCOCC3)C2c2ccncc2)s1. The van der Waals surface area contributed by atoms with Gasteiger partial charge in [-0.05, 0) is 38.0 Å². The van der Waals surface area contributed by atoms with Gasteiger partial charge in [0, 0.05) is 38.6 Å². The van der Waals surface area contributed by atoms with Crippen molar-refractivity contribution in [1.82, 2.24) is 19.8 Å². The van der Waals surface area contributed by atoms with Gasteiger partial charge in [-0.2, -0.15) is 0 Å². The highest BCUT2D eigenvalue weighted by Crippen LogP contribution is 2.39. The Morgan fingerprint density at radius 2 is 1.87 bits per heavy atom. The lowest BCUT2D eigenvalue weighted by Gasteiger charge is -2.30. The van der Waals surface area contributed by atoms with Gasteiger partial charge in [0.2, 0.25) is 5.78 Å². The molecule has 2 atom stereocenters. The van der Waals surface area contributed by atoms with Crippen molar-refractivity contribution in [3.63, 3.8) is 0 Å². The Hall–Kier alpha value is -2.49. The Labute approximate surface area is 185 Å². The molecule has 2 unspecified atom stereocenters. The summed E-state index contributed by atoms with van der Waals surface area (Å²) in [6.45, 7) is 7.98. The lowest BCUT2D eigenvalue weighted by Crippen LogP contribution is -2.39. The average Bonchev–Trinajstić information content (AvgIpc) is 3.25. The first-order valence-electron chi connectivity index (χ1n) is 10.5. The molecule has 2 fully saturated rings. The Bertz CT molecular complexity index is 971. The van der Waals surface area contributed by atoms with E-state index in [0.29, 0.717) is 30.3 Å². The zero-order valence-corrected chi connectivity index (χ0v) is 18.6.